The molecule has 0 spiro atoms. The zero-order valence-electron chi connectivity index (χ0n) is 13.7. The first-order chi connectivity index (χ1) is 11.3. The number of benzene rings is 2. The molecular weight excluding hydrogens is 389 g/mol. The summed E-state index contributed by atoms with van der Waals surface area (Å²) in [6, 6.07) is 21.2. The minimum absolute atomic E-state index is 0. The van der Waals surface area contributed by atoms with Crippen LogP contribution in [-0.4, -0.2) is 4.98 Å². The second-order valence-corrected chi connectivity index (χ2v) is 6.59. The topological polar surface area (TPSA) is 12.9 Å². The molecule has 0 saturated carbocycles. The first-order valence-corrected chi connectivity index (χ1v) is 8.39. The van der Waals surface area contributed by atoms with Crippen LogP contribution in [0, 0.1) is 0 Å². The van der Waals surface area contributed by atoms with Crippen LogP contribution >= 0.6 is 0 Å². The van der Waals surface area contributed by atoms with E-state index in [1.165, 1.54) is 37.7 Å². The fourth-order valence-corrected chi connectivity index (χ4v) is 4.02. The van der Waals surface area contributed by atoms with Gasteiger partial charge in [-0.25, -0.2) is 0 Å². The van der Waals surface area contributed by atoms with Gasteiger partial charge in [-0.05, 0) is 0 Å². The van der Waals surface area contributed by atoms with Gasteiger partial charge in [0.2, 0.25) is 0 Å². The molecule has 4 rings (SSSR count). The zero-order chi connectivity index (χ0) is 15.8. The van der Waals surface area contributed by atoms with Gasteiger partial charge in [0.25, 0.3) is 0 Å². The monoisotopic (exact) mass is 404 g/mol. The second-order valence-electron chi connectivity index (χ2n) is 5.83. The van der Waals surface area contributed by atoms with Gasteiger partial charge in [0, 0.05) is 0 Å². The van der Waals surface area contributed by atoms with E-state index in [1.807, 2.05) is 12.3 Å². The van der Waals surface area contributed by atoms with Crippen LogP contribution < -0.4 is 24.8 Å². The molecule has 2 aromatic carbocycles. The molecule has 1 aliphatic carbocycles. The van der Waals surface area contributed by atoms with Gasteiger partial charge in [-0.1, -0.05) is 0 Å². The molecule has 0 fully saturated rings. The molecule has 1 nitrogen and oxygen atoms in total. The van der Waals surface area contributed by atoms with Gasteiger partial charge in [-0.15, -0.1) is 0 Å². The maximum absolute atomic E-state index is 4.62. The van der Waals surface area contributed by atoms with Gasteiger partial charge >= 0.3 is 145 Å². The third-order valence-corrected chi connectivity index (χ3v) is 5.01. The van der Waals surface area contributed by atoms with Gasteiger partial charge in [0.1, 0.15) is 0 Å². The van der Waals surface area contributed by atoms with Gasteiger partial charge in [0.15, 0.2) is 0 Å². The molecule has 0 amide bonds. The second kappa shape index (κ2) is 8.21. The molecule has 0 unspecified atom stereocenters. The molecule has 1 aromatic heterocycles. The number of aromatic nitrogens is 1. The van der Waals surface area contributed by atoms with Crippen LogP contribution in [0.2, 0.25) is 0 Å². The fourth-order valence-electron chi connectivity index (χ4n) is 3.37. The quantitative estimate of drug-likeness (QED) is 0.554. The Labute approximate surface area is 169 Å². The summed E-state index contributed by atoms with van der Waals surface area (Å²) in [6.07, 6.45) is 2.83. The molecule has 0 N–H and O–H groups in total. The van der Waals surface area contributed by atoms with Crippen LogP contribution in [0.5, 0.6) is 0 Å². The van der Waals surface area contributed by atoms with Crippen molar-refractivity contribution in [3.8, 4) is 0 Å². The number of allylic oxidation sites excluding steroid dienone is 4. The molecule has 3 aromatic rings. The van der Waals surface area contributed by atoms with E-state index in [0.29, 0.717) is 0 Å². The Morgan fingerprint density at radius 1 is 0.880 bits per heavy atom. The number of fused-ring (bicyclic) bond motifs is 1. The Bertz CT molecular complexity index is 957. The summed E-state index contributed by atoms with van der Waals surface area (Å²) < 4.78 is 1.32. The third-order valence-electron chi connectivity index (χ3n) is 4.46. The predicted molar refractivity (Wildman–Crippen MR) is 92.3 cm³/mol. The normalized spacial score (nSPS) is 13.6. The van der Waals surface area contributed by atoms with Crippen molar-refractivity contribution < 1.29 is 41.1 Å². The summed E-state index contributed by atoms with van der Waals surface area (Å²) >= 11 is 3.28. The average molecular weight is 405 g/mol. The van der Waals surface area contributed by atoms with Crippen molar-refractivity contribution in [3.63, 3.8) is 0 Å². The molecule has 25 heavy (non-hydrogen) atoms. The predicted octanol–water partition coefficient (Wildman–Crippen LogP) is -0.622. The maximum atomic E-state index is 4.62. The Kier molecular flexibility index (Phi) is 6.49. The Hall–Kier alpha value is -1.56. The summed E-state index contributed by atoms with van der Waals surface area (Å²) in [5.41, 5.74) is 7.69. The largest absolute Gasteiger partial charge is 1.00 e. The zero-order valence-corrected chi connectivity index (χ0v) is 16.5. The van der Waals surface area contributed by atoms with E-state index in [2.05, 4.69) is 82.8 Å². The van der Waals surface area contributed by atoms with Crippen LogP contribution in [0.1, 0.15) is 24.5 Å². The number of pyridine rings is 1. The molecular formula is C21H16Cl2CrN. The van der Waals surface area contributed by atoms with Gasteiger partial charge in [0.05, 0.1) is 0 Å². The van der Waals surface area contributed by atoms with Crippen LogP contribution in [0.4, 0.5) is 0 Å². The molecule has 1 heterocycles. The molecule has 0 saturated heterocycles. The van der Waals surface area contributed by atoms with Crippen molar-refractivity contribution in [1.29, 1.82) is 0 Å². The standard InChI is InChI=1S/C21H16N.2ClH.Cr/c1-15-18(16-7-3-2-4-8-16)12-13-19(15)20-11-5-9-17-10-6-14-22-21(17)20;;;/h2-11,14H,13H2,1H3;2*1H;/q;;;+2/p-2. The number of rotatable bonds is 2. The van der Waals surface area contributed by atoms with E-state index in [4.69, 9.17) is 0 Å². The number of para-hydroxylation sites is 1. The summed E-state index contributed by atoms with van der Waals surface area (Å²) in [7, 11) is 0. The fraction of sp³-hybridized carbons (Fsp3) is 0.0952. The van der Waals surface area contributed by atoms with E-state index in [9.17, 15) is 0 Å². The Morgan fingerprint density at radius 2 is 1.60 bits per heavy atom. The van der Waals surface area contributed by atoms with Crippen LogP contribution in [-0.2, 0) is 16.3 Å². The summed E-state index contributed by atoms with van der Waals surface area (Å²) in [4.78, 5) is 4.62. The van der Waals surface area contributed by atoms with Crippen molar-refractivity contribution in [2.75, 3.05) is 0 Å². The number of hydrogen-bond donors (Lipinski definition) is 0. The minimum Gasteiger partial charge on any atom is -1.00 e. The van der Waals surface area contributed by atoms with Crippen LogP contribution in [0.25, 0.3) is 22.0 Å². The molecule has 1 aliphatic rings. The molecule has 125 valence electrons. The minimum atomic E-state index is 0. The molecule has 0 bridgehead atoms. The first-order valence-electron chi connectivity index (χ1n) is 7.75. The van der Waals surface area contributed by atoms with Crippen molar-refractivity contribution in [2.24, 2.45) is 0 Å². The van der Waals surface area contributed by atoms with E-state index < -0.39 is 0 Å². The van der Waals surface area contributed by atoms with E-state index >= 15 is 0 Å². The van der Waals surface area contributed by atoms with Crippen molar-refractivity contribution >= 4 is 22.0 Å². The molecule has 0 atom stereocenters. The number of halogens is 2. The molecule has 0 aliphatic heterocycles. The summed E-state index contributed by atoms with van der Waals surface area (Å²) in [5, 5.41) is 1.19. The molecule has 4 heteroatoms. The SMILES string of the molecule is CC1=C(c2cccc3cccnc23)C[C]([Cr+2])=C1c1ccccc1.[Cl-].[Cl-]. The third kappa shape index (κ3) is 3.54. The Balaban J connectivity index is 0.00000113. The molecule has 0 radical (unpaired) electrons. The van der Waals surface area contributed by atoms with Crippen molar-refractivity contribution in [3.05, 3.63) is 88.0 Å². The van der Waals surface area contributed by atoms with Gasteiger partial charge in [-0.3, -0.25) is 0 Å². The summed E-state index contributed by atoms with van der Waals surface area (Å²) in [6.45, 7) is 2.23. The van der Waals surface area contributed by atoms with Gasteiger partial charge in [-0.2, -0.15) is 0 Å². The number of nitrogens with zero attached hydrogens (tertiary/aromatic N) is 1. The van der Waals surface area contributed by atoms with E-state index in [1.54, 1.807) is 0 Å². The first kappa shape index (κ1) is 19.8. The van der Waals surface area contributed by atoms with E-state index in [0.717, 1.165) is 11.9 Å². The average Bonchev–Trinajstić information content (AvgIpc) is 2.89. The van der Waals surface area contributed by atoms with Crippen LogP contribution in [0.3, 0.4) is 0 Å². The number of hydrogen-bond acceptors (Lipinski definition) is 1. The Morgan fingerprint density at radius 3 is 2.36 bits per heavy atom. The van der Waals surface area contributed by atoms with Crippen molar-refractivity contribution in [1.82, 2.24) is 4.98 Å². The maximum Gasteiger partial charge on any atom is -1.00 e. The van der Waals surface area contributed by atoms with E-state index in [-0.39, 0.29) is 24.8 Å². The van der Waals surface area contributed by atoms with Crippen molar-refractivity contribution in [2.45, 2.75) is 13.3 Å². The van der Waals surface area contributed by atoms with Gasteiger partial charge < -0.3 is 24.8 Å². The smallest absolute Gasteiger partial charge is 1.00 e. The van der Waals surface area contributed by atoms with Crippen LogP contribution in [0.15, 0.2) is 76.9 Å². The summed E-state index contributed by atoms with van der Waals surface area (Å²) in [5.74, 6) is 0.